The van der Waals surface area contributed by atoms with Gasteiger partial charge in [0.25, 0.3) is 0 Å². The zero-order valence-corrected chi connectivity index (χ0v) is 29.0. The van der Waals surface area contributed by atoms with Crippen molar-refractivity contribution in [1.82, 2.24) is 9.97 Å². The molecule has 0 unspecified atom stereocenters. The summed E-state index contributed by atoms with van der Waals surface area (Å²) < 4.78 is 6.66. The highest BCUT2D eigenvalue weighted by molar-refractivity contribution is 6.10. The van der Waals surface area contributed by atoms with Gasteiger partial charge in [-0.2, -0.15) is 0 Å². The zero-order chi connectivity index (χ0) is 34.8. The molecule has 2 heterocycles. The summed E-state index contributed by atoms with van der Waals surface area (Å²) in [5, 5.41) is 2.16. The van der Waals surface area contributed by atoms with Crippen molar-refractivity contribution < 1.29 is 4.42 Å². The van der Waals surface area contributed by atoms with Crippen molar-refractivity contribution in [3.8, 4) is 67.3 Å². The van der Waals surface area contributed by atoms with Gasteiger partial charge in [-0.25, -0.2) is 9.97 Å². The average Bonchev–Trinajstić information content (AvgIpc) is 3.69. The first-order valence-corrected chi connectivity index (χ1v) is 17.8. The molecule has 0 saturated heterocycles. The second-order valence-electron chi connectivity index (χ2n) is 14.2. The molecule has 52 heavy (non-hydrogen) atoms. The highest BCUT2D eigenvalue weighted by atomic mass is 16.3. The Bertz CT molecular complexity index is 2740. The minimum Gasteiger partial charge on any atom is -0.455 e. The molecule has 0 N–H and O–H groups in total. The van der Waals surface area contributed by atoms with E-state index in [0.717, 1.165) is 50.0 Å². The van der Waals surface area contributed by atoms with Crippen LogP contribution in [0.5, 0.6) is 0 Å². The van der Waals surface area contributed by atoms with E-state index in [1.807, 2.05) is 36.4 Å². The van der Waals surface area contributed by atoms with Crippen molar-refractivity contribution in [1.29, 1.82) is 0 Å². The van der Waals surface area contributed by atoms with Gasteiger partial charge in [-0.15, -0.1) is 0 Å². The van der Waals surface area contributed by atoms with Crippen molar-refractivity contribution in [2.75, 3.05) is 0 Å². The van der Waals surface area contributed by atoms with Gasteiger partial charge in [-0.3, -0.25) is 0 Å². The minimum atomic E-state index is -0.123. The number of rotatable bonds is 5. The van der Waals surface area contributed by atoms with Gasteiger partial charge < -0.3 is 4.42 Å². The van der Waals surface area contributed by atoms with Gasteiger partial charge in [-0.05, 0) is 80.9 Å². The van der Waals surface area contributed by atoms with Crippen molar-refractivity contribution in [3.63, 3.8) is 0 Å². The predicted molar refractivity (Wildman–Crippen MR) is 214 cm³/mol. The minimum absolute atomic E-state index is 0.123. The molecular weight excluding hydrogens is 633 g/mol. The van der Waals surface area contributed by atoms with Gasteiger partial charge in [0, 0.05) is 32.9 Å². The Morgan fingerprint density at radius 1 is 0.404 bits per heavy atom. The van der Waals surface area contributed by atoms with Crippen LogP contribution in [0.3, 0.4) is 0 Å². The number of furan rings is 1. The van der Waals surface area contributed by atoms with Crippen LogP contribution in [0.2, 0.25) is 0 Å². The van der Waals surface area contributed by atoms with Crippen LogP contribution in [0.15, 0.2) is 174 Å². The number of hydrogen-bond acceptors (Lipinski definition) is 3. The summed E-state index contributed by atoms with van der Waals surface area (Å²) in [5.41, 5.74) is 16.5. The van der Waals surface area contributed by atoms with E-state index in [9.17, 15) is 0 Å². The lowest BCUT2D eigenvalue weighted by atomic mass is 9.81. The molecule has 0 amide bonds. The summed E-state index contributed by atoms with van der Waals surface area (Å²) in [6, 6.07) is 60.0. The number of hydrogen-bond donors (Lipinski definition) is 0. The molecule has 0 radical (unpaired) electrons. The van der Waals surface area contributed by atoms with E-state index in [4.69, 9.17) is 14.4 Å². The van der Waals surface area contributed by atoms with Gasteiger partial charge >= 0.3 is 0 Å². The molecule has 0 fully saturated rings. The van der Waals surface area contributed by atoms with Crippen molar-refractivity contribution in [2.24, 2.45) is 0 Å². The summed E-state index contributed by atoms with van der Waals surface area (Å²) in [6.07, 6.45) is 0. The maximum absolute atomic E-state index is 6.66. The third kappa shape index (κ3) is 4.89. The molecule has 7 aromatic carbocycles. The van der Waals surface area contributed by atoms with Crippen LogP contribution in [0.1, 0.15) is 25.0 Å². The lowest BCUT2D eigenvalue weighted by Gasteiger charge is -2.22. The van der Waals surface area contributed by atoms with Crippen LogP contribution in [-0.4, -0.2) is 9.97 Å². The molecule has 0 saturated carbocycles. The van der Waals surface area contributed by atoms with Crippen molar-refractivity contribution in [2.45, 2.75) is 19.3 Å². The van der Waals surface area contributed by atoms with E-state index < -0.39 is 0 Å². The van der Waals surface area contributed by atoms with E-state index in [0.29, 0.717) is 5.82 Å². The van der Waals surface area contributed by atoms with Crippen LogP contribution in [0, 0.1) is 0 Å². The highest BCUT2D eigenvalue weighted by Gasteiger charge is 2.36. The van der Waals surface area contributed by atoms with Crippen LogP contribution < -0.4 is 0 Å². The Balaban J connectivity index is 1.07. The lowest BCUT2D eigenvalue weighted by Crippen LogP contribution is -2.15. The molecule has 10 rings (SSSR count). The van der Waals surface area contributed by atoms with E-state index in [1.165, 1.54) is 44.5 Å². The normalized spacial score (nSPS) is 13.0. The molecule has 0 atom stereocenters. The van der Waals surface area contributed by atoms with Crippen LogP contribution in [0.25, 0.3) is 89.2 Å². The smallest absolute Gasteiger partial charge is 0.160 e. The number of nitrogens with zero attached hydrogens (tertiary/aromatic N) is 2. The molecular formula is C49H34N2O. The van der Waals surface area contributed by atoms with E-state index in [1.54, 1.807) is 0 Å². The summed E-state index contributed by atoms with van der Waals surface area (Å²) in [5.74, 6) is 0.685. The zero-order valence-electron chi connectivity index (χ0n) is 29.0. The summed E-state index contributed by atoms with van der Waals surface area (Å²) in [4.78, 5) is 10.1. The maximum Gasteiger partial charge on any atom is 0.160 e. The number of benzene rings is 7. The second-order valence-corrected chi connectivity index (χ2v) is 14.2. The van der Waals surface area contributed by atoms with Crippen LogP contribution in [-0.2, 0) is 5.41 Å². The standard InChI is InChI=1S/C49H34N2O/c1-49(2)42-28-35(31-13-6-3-7-14-31)21-24-37(42)38-25-22-36(29-43(38)49)34-23-26-46-41(27-34)39-19-12-20-40(47(39)52-46)45-30-44(32-15-8-4-9-16-32)50-48(51-45)33-17-10-5-11-18-33/h3-30H,1-2H3. The molecule has 3 heteroatoms. The molecule has 9 aromatic rings. The first-order valence-electron chi connectivity index (χ1n) is 17.8. The van der Waals surface area contributed by atoms with E-state index >= 15 is 0 Å². The molecule has 3 nitrogen and oxygen atoms in total. The van der Waals surface area contributed by atoms with Gasteiger partial charge in [0.2, 0.25) is 0 Å². The Morgan fingerprint density at radius 3 is 1.63 bits per heavy atom. The Kier molecular flexibility index (Phi) is 6.84. The fourth-order valence-electron chi connectivity index (χ4n) is 7.97. The molecule has 0 aliphatic heterocycles. The molecule has 0 bridgehead atoms. The first kappa shape index (κ1) is 30.3. The molecule has 2 aromatic heterocycles. The largest absolute Gasteiger partial charge is 0.455 e. The Morgan fingerprint density at radius 2 is 0.962 bits per heavy atom. The summed E-state index contributed by atoms with van der Waals surface area (Å²) in [6.45, 7) is 4.70. The second kappa shape index (κ2) is 11.8. The topological polar surface area (TPSA) is 38.9 Å². The summed E-state index contributed by atoms with van der Waals surface area (Å²) >= 11 is 0. The quantitative estimate of drug-likeness (QED) is 0.183. The van der Waals surface area contributed by atoms with E-state index in [-0.39, 0.29) is 5.41 Å². The van der Waals surface area contributed by atoms with Crippen molar-refractivity contribution in [3.05, 3.63) is 181 Å². The van der Waals surface area contributed by atoms with E-state index in [2.05, 4.69) is 147 Å². The third-order valence-corrected chi connectivity index (χ3v) is 10.7. The van der Waals surface area contributed by atoms with Crippen molar-refractivity contribution >= 4 is 21.9 Å². The fourth-order valence-corrected chi connectivity index (χ4v) is 7.97. The number of fused-ring (bicyclic) bond motifs is 6. The maximum atomic E-state index is 6.66. The SMILES string of the molecule is CC1(C)c2cc(-c3ccccc3)ccc2-c2ccc(-c3ccc4oc5c(-c6cc(-c7ccccc7)nc(-c7ccccc7)n6)cccc5c4c3)cc21. The monoisotopic (exact) mass is 666 g/mol. The van der Waals surface area contributed by atoms with Crippen LogP contribution in [0.4, 0.5) is 0 Å². The number of aromatic nitrogens is 2. The molecule has 1 aliphatic carbocycles. The average molecular weight is 667 g/mol. The Hall–Kier alpha value is -6.58. The summed E-state index contributed by atoms with van der Waals surface area (Å²) in [7, 11) is 0. The predicted octanol–water partition coefficient (Wildman–Crippen LogP) is 13.0. The van der Waals surface area contributed by atoms with Gasteiger partial charge in [0.15, 0.2) is 5.82 Å². The lowest BCUT2D eigenvalue weighted by molar-refractivity contribution is 0.661. The first-order chi connectivity index (χ1) is 25.5. The number of para-hydroxylation sites is 1. The molecule has 0 spiro atoms. The van der Waals surface area contributed by atoms with Gasteiger partial charge in [-0.1, -0.05) is 147 Å². The third-order valence-electron chi connectivity index (χ3n) is 10.7. The Labute approximate surface area is 302 Å². The molecule has 246 valence electrons. The fraction of sp³-hybridized carbons (Fsp3) is 0.0612. The van der Waals surface area contributed by atoms with Crippen LogP contribution >= 0.6 is 0 Å². The highest BCUT2D eigenvalue weighted by Crippen LogP contribution is 2.51. The van der Waals surface area contributed by atoms with Gasteiger partial charge in [0.05, 0.1) is 11.4 Å². The van der Waals surface area contributed by atoms with Gasteiger partial charge in [0.1, 0.15) is 11.2 Å². The molecule has 1 aliphatic rings.